The summed E-state index contributed by atoms with van der Waals surface area (Å²) in [5.41, 5.74) is 0.129. The average Bonchev–Trinajstić information content (AvgIpc) is 2.17. The van der Waals surface area contributed by atoms with E-state index in [4.69, 9.17) is 16.7 Å². The van der Waals surface area contributed by atoms with Crippen molar-refractivity contribution in [1.82, 2.24) is 0 Å². The van der Waals surface area contributed by atoms with Crippen molar-refractivity contribution in [3.8, 4) is 0 Å². The number of hydrogen-bond acceptors (Lipinski definition) is 1. The van der Waals surface area contributed by atoms with E-state index in [2.05, 4.69) is 0 Å². The molecule has 1 aromatic carbocycles. The van der Waals surface area contributed by atoms with Crippen molar-refractivity contribution >= 4 is 17.6 Å². The normalized spacial score (nSPS) is 8.93. The molecule has 0 aliphatic heterocycles. The zero-order valence-corrected chi connectivity index (χ0v) is 9.02. The number of benzene rings is 1. The Balaban J connectivity index is 0.000000791. The number of rotatable bonds is 1. The molecule has 0 heterocycles. The van der Waals surface area contributed by atoms with Crippen molar-refractivity contribution < 1.29 is 14.3 Å². The van der Waals surface area contributed by atoms with Crippen molar-refractivity contribution in [3.63, 3.8) is 0 Å². The first-order chi connectivity index (χ1) is 6.54. The van der Waals surface area contributed by atoms with Gasteiger partial charge in [-0.25, -0.2) is 9.18 Å². The Morgan fingerprint density at radius 1 is 1.43 bits per heavy atom. The van der Waals surface area contributed by atoms with Crippen LogP contribution in [0.5, 0.6) is 0 Å². The lowest BCUT2D eigenvalue weighted by molar-refractivity contribution is 0.0692. The van der Waals surface area contributed by atoms with Crippen LogP contribution >= 0.6 is 11.6 Å². The first-order valence-electron chi connectivity index (χ1n) is 4.22. The quantitative estimate of drug-likeness (QED) is 0.783. The van der Waals surface area contributed by atoms with E-state index in [-0.39, 0.29) is 5.02 Å². The second-order valence-corrected chi connectivity index (χ2v) is 2.74. The first-order valence-corrected chi connectivity index (χ1v) is 4.59. The number of aryl methyl sites for hydroxylation is 1. The SMILES string of the molecule is CC.Cc1ccc(C(=O)O)c(F)c1Cl. The summed E-state index contributed by atoms with van der Waals surface area (Å²) in [4.78, 5) is 10.4. The van der Waals surface area contributed by atoms with Gasteiger partial charge in [-0.15, -0.1) is 0 Å². The number of carbonyl (C=O) groups is 1. The zero-order chi connectivity index (χ0) is 11.3. The molecular weight excluding hydrogens is 207 g/mol. The maximum absolute atomic E-state index is 13.0. The first kappa shape index (κ1) is 12.9. The molecule has 0 radical (unpaired) electrons. The number of carboxylic acid groups (broad SMARTS) is 1. The predicted octanol–water partition coefficient (Wildman–Crippen LogP) is 3.51. The molecule has 0 saturated carbocycles. The van der Waals surface area contributed by atoms with Gasteiger partial charge in [0.2, 0.25) is 0 Å². The molecule has 0 aliphatic rings. The molecule has 0 atom stereocenters. The molecule has 0 fully saturated rings. The standard InChI is InChI=1S/C8H6ClFO2.C2H6/c1-4-2-3-5(8(11)12)7(10)6(4)9;1-2/h2-3H,1H3,(H,11,12);1-2H3. The van der Waals surface area contributed by atoms with Gasteiger partial charge in [0.1, 0.15) is 0 Å². The lowest BCUT2D eigenvalue weighted by Gasteiger charge is -2.01. The molecule has 14 heavy (non-hydrogen) atoms. The summed E-state index contributed by atoms with van der Waals surface area (Å²) in [5, 5.41) is 8.35. The Kier molecular flexibility index (Phi) is 5.16. The molecule has 4 heteroatoms. The molecule has 0 amide bonds. The Morgan fingerprint density at radius 2 is 1.93 bits per heavy atom. The number of carboxylic acids is 1. The molecule has 0 aliphatic carbocycles. The van der Waals surface area contributed by atoms with Crippen molar-refractivity contribution in [1.29, 1.82) is 0 Å². The van der Waals surface area contributed by atoms with E-state index in [1.165, 1.54) is 12.1 Å². The van der Waals surface area contributed by atoms with Crippen LogP contribution in [0, 0.1) is 12.7 Å². The van der Waals surface area contributed by atoms with Gasteiger partial charge < -0.3 is 5.11 Å². The van der Waals surface area contributed by atoms with E-state index in [9.17, 15) is 9.18 Å². The minimum Gasteiger partial charge on any atom is -0.478 e. The highest BCUT2D eigenvalue weighted by Crippen LogP contribution is 2.22. The molecule has 0 aromatic heterocycles. The second-order valence-electron chi connectivity index (χ2n) is 2.36. The van der Waals surface area contributed by atoms with Gasteiger partial charge in [-0.2, -0.15) is 0 Å². The van der Waals surface area contributed by atoms with Gasteiger partial charge >= 0.3 is 5.97 Å². The lowest BCUT2D eigenvalue weighted by Crippen LogP contribution is -2.01. The largest absolute Gasteiger partial charge is 0.478 e. The summed E-state index contributed by atoms with van der Waals surface area (Å²) >= 11 is 5.49. The predicted molar refractivity (Wildman–Crippen MR) is 54.5 cm³/mol. The summed E-state index contributed by atoms with van der Waals surface area (Å²) < 4.78 is 13.0. The molecule has 1 rings (SSSR count). The van der Waals surface area contributed by atoms with E-state index in [0.717, 1.165) is 0 Å². The van der Waals surface area contributed by atoms with Crippen molar-refractivity contribution in [2.45, 2.75) is 20.8 Å². The molecule has 0 bridgehead atoms. The lowest BCUT2D eigenvalue weighted by atomic mass is 10.1. The number of aromatic carboxylic acids is 1. The highest BCUT2D eigenvalue weighted by molar-refractivity contribution is 6.31. The van der Waals surface area contributed by atoms with Crippen LogP contribution in [0.15, 0.2) is 12.1 Å². The van der Waals surface area contributed by atoms with Crippen LogP contribution in [0.4, 0.5) is 4.39 Å². The molecule has 1 aromatic rings. The molecule has 0 saturated heterocycles. The van der Waals surface area contributed by atoms with Crippen LogP contribution in [0.3, 0.4) is 0 Å². The average molecular weight is 219 g/mol. The van der Waals surface area contributed by atoms with Gasteiger partial charge in [0.25, 0.3) is 0 Å². The highest BCUT2D eigenvalue weighted by Gasteiger charge is 2.14. The topological polar surface area (TPSA) is 37.3 Å². The third kappa shape index (κ3) is 2.70. The Labute approximate surface area is 87.3 Å². The molecule has 0 unspecified atom stereocenters. The minimum atomic E-state index is -1.31. The van der Waals surface area contributed by atoms with E-state index in [1.54, 1.807) is 6.92 Å². The fraction of sp³-hybridized carbons (Fsp3) is 0.300. The molecule has 1 N–H and O–H groups in total. The van der Waals surface area contributed by atoms with E-state index in [1.807, 2.05) is 13.8 Å². The number of hydrogen-bond donors (Lipinski definition) is 1. The van der Waals surface area contributed by atoms with Crippen molar-refractivity contribution in [3.05, 3.63) is 34.1 Å². The summed E-state index contributed by atoms with van der Waals surface area (Å²) in [5.74, 6) is -2.18. The Hall–Kier alpha value is -1.09. The molecule has 0 spiro atoms. The van der Waals surface area contributed by atoms with Gasteiger partial charge in [-0.05, 0) is 18.6 Å². The third-order valence-corrected chi connectivity index (χ3v) is 1.97. The van der Waals surface area contributed by atoms with E-state index < -0.39 is 17.3 Å². The van der Waals surface area contributed by atoms with Gasteiger partial charge in [0.15, 0.2) is 5.82 Å². The molecular formula is C10H12ClFO2. The van der Waals surface area contributed by atoms with Crippen LogP contribution in [0.1, 0.15) is 29.8 Å². The molecule has 2 nitrogen and oxygen atoms in total. The van der Waals surface area contributed by atoms with Crippen LogP contribution in [0.2, 0.25) is 5.02 Å². The van der Waals surface area contributed by atoms with E-state index in [0.29, 0.717) is 5.56 Å². The van der Waals surface area contributed by atoms with Gasteiger partial charge in [0.05, 0.1) is 10.6 Å². The van der Waals surface area contributed by atoms with Crippen LogP contribution < -0.4 is 0 Å². The van der Waals surface area contributed by atoms with Gasteiger partial charge in [-0.1, -0.05) is 31.5 Å². The van der Waals surface area contributed by atoms with Crippen LogP contribution in [-0.4, -0.2) is 11.1 Å². The fourth-order valence-corrected chi connectivity index (χ4v) is 0.976. The summed E-state index contributed by atoms with van der Waals surface area (Å²) in [7, 11) is 0. The smallest absolute Gasteiger partial charge is 0.338 e. The van der Waals surface area contributed by atoms with Crippen LogP contribution in [0.25, 0.3) is 0 Å². The highest BCUT2D eigenvalue weighted by atomic mass is 35.5. The summed E-state index contributed by atoms with van der Waals surface area (Å²) in [6.45, 7) is 5.61. The van der Waals surface area contributed by atoms with Gasteiger partial charge in [-0.3, -0.25) is 0 Å². The number of halogens is 2. The zero-order valence-electron chi connectivity index (χ0n) is 8.27. The second kappa shape index (κ2) is 5.60. The van der Waals surface area contributed by atoms with Crippen molar-refractivity contribution in [2.24, 2.45) is 0 Å². The maximum atomic E-state index is 13.0. The summed E-state index contributed by atoms with van der Waals surface area (Å²) in [6.07, 6.45) is 0. The fourth-order valence-electron chi connectivity index (χ4n) is 0.811. The van der Waals surface area contributed by atoms with Gasteiger partial charge in [0, 0.05) is 0 Å². The summed E-state index contributed by atoms with van der Waals surface area (Å²) in [6, 6.07) is 2.66. The molecule has 78 valence electrons. The van der Waals surface area contributed by atoms with E-state index >= 15 is 0 Å². The van der Waals surface area contributed by atoms with Crippen LogP contribution in [-0.2, 0) is 0 Å². The Bertz CT molecular complexity index is 337. The minimum absolute atomic E-state index is 0.130. The Morgan fingerprint density at radius 3 is 2.36 bits per heavy atom. The van der Waals surface area contributed by atoms with Crippen molar-refractivity contribution in [2.75, 3.05) is 0 Å². The monoisotopic (exact) mass is 218 g/mol. The maximum Gasteiger partial charge on any atom is 0.338 e. The third-order valence-electron chi connectivity index (χ3n) is 1.51.